The van der Waals surface area contributed by atoms with E-state index in [0.717, 1.165) is 0 Å². The fourth-order valence-electron chi connectivity index (χ4n) is 2.62. The van der Waals surface area contributed by atoms with Crippen molar-refractivity contribution < 1.29 is 28.7 Å². The van der Waals surface area contributed by atoms with Crippen LogP contribution in [0.4, 0.5) is 5.69 Å². The van der Waals surface area contributed by atoms with Gasteiger partial charge in [0.25, 0.3) is 5.91 Å². The summed E-state index contributed by atoms with van der Waals surface area (Å²) >= 11 is 0. The smallest absolute Gasteiger partial charge is 0.307 e. The molecule has 2 amide bonds. The van der Waals surface area contributed by atoms with Gasteiger partial charge in [0, 0.05) is 39.0 Å². The number of fused-ring (bicyclic) bond motifs is 1. The van der Waals surface area contributed by atoms with Crippen LogP contribution in [0.25, 0.3) is 0 Å². The SMILES string of the molecule is CCOC(=O)CCN(C)C(=O)CCC(=O)c1ccc2c(c1)N(C)C(=O)CO2. The summed E-state index contributed by atoms with van der Waals surface area (Å²) in [6.45, 7) is 2.24. The van der Waals surface area contributed by atoms with E-state index in [9.17, 15) is 19.2 Å². The molecule has 0 atom stereocenters. The summed E-state index contributed by atoms with van der Waals surface area (Å²) in [5.41, 5.74) is 0.954. The minimum atomic E-state index is -0.358. The Kier molecular flexibility index (Phi) is 6.92. The van der Waals surface area contributed by atoms with Gasteiger partial charge in [-0.25, -0.2) is 0 Å². The Labute approximate surface area is 158 Å². The predicted octanol–water partition coefficient (Wildman–Crippen LogP) is 1.42. The first-order valence-corrected chi connectivity index (χ1v) is 8.79. The number of carbonyl (C=O) groups excluding carboxylic acids is 4. The summed E-state index contributed by atoms with van der Waals surface area (Å²) in [5.74, 6) is -0.422. The lowest BCUT2D eigenvalue weighted by Gasteiger charge is -2.26. The van der Waals surface area contributed by atoms with E-state index in [1.165, 1.54) is 9.80 Å². The normalized spacial score (nSPS) is 12.9. The van der Waals surface area contributed by atoms with Crippen LogP contribution in [0.1, 0.15) is 36.5 Å². The molecule has 27 heavy (non-hydrogen) atoms. The number of anilines is 1. The summed E-state index contributed by atoms with van der Waals surface area (Å²) in [6.07, 6.45) is 0.204. The van der Waals surface area contributed by atoms with Crippen molar-refractivity contribution in [3.63, 3.8) is 0 Å². The molecule has 2 rings (SSSR count). The lowest BCUT2D eigenvalue weighted by Crippen LogP contribution is -2.35. The third-order valence-corrected chi connectivity index (χ3v) is 4.32. The zero-order valence-electron chi connectivity index (χ0n) is 15.8. The Morgan fingerprint density at radius 3 is 2.67 bits per heavy atom. The number of carbonyl (C=O) groups is 4. The van der Waals surface area contributed by atoms with Crippen molar-refractivity contribution in [3.8, 4) is 5.75 Å². The van der Waals surface area contributed by atoms with Crippen LogP contribution in [0.2, 0.25) is 0 Å². The number of Topliss-reactive ketones (excluding diaryl/α,β-unsaturated/α-hetero) is 1. The summed E-state index contributed by atoms with van der Waals surface area (Å²) in [7, 11) is 3.21. The Morgan fingerprint density at radius 1 is 1.22 bits per heavy atom. The van der Waals surface area contributed by atoms with Crippen LogP contribution in [0.3, 0.4) is 0 Å². The van der Waals surface area contributed by atoms with Crippen molar-refractivity contribution in [2.75, 3.05) is 38.8 Å². The molecule has 1 aromatic rings. The average Bonchev–Trinajstić information content (AvgIpc) is 2.66. The number of benzene rings is 1. The highest BCUT2D eigenvalue weighted by Gasteiger charge is 2.23. The molecular formula is C19H24N2O6. The molecule has 0 unspecified atom stereocenters. The largest absolute Gasteiger partial charge is 0.482 e. The van der Waals surface area contributed by atoms with Gasteiger partial charge in [-0.15, -0.1) is 0 Å². The second kappa shape index (κ2) is 9.16. The topological polar surface area (TPSA) is 93.2 Å². The molecule has 1 aliphatic heterocycles. The number of ether oxygens (including phenoxy) is 2. The molecule has 0 aliphatic carbocycles. The predicted molar refractivity (Wildman–Crippen MR) is 97.8 cm³/mol. The third kappa shape index (κ3) is 5.29. The number of esters is 1. The molecule has 0 saturated carbocycles. The Morgan fingerprint density at radius 2 is 1.96 bits per heavy atom. The Balaban J connectivity index is 1.89. The molecule has 1 aromatic carbocycles. The van der Waals surface area contributed by atoms with Gasteiger partial charge < -0.3 is 19.3 Å². The quantitative estimate of drug-likeness (QED) is 0.503. The zero-order valence-corrected chi connectivity index (χ0v) is 15.8. The highest BCUT2D eigenvalue weighted by atomic mass is 16.5. The molecule has 1 heterocycles. The molecule has 0 spiro atoms. The molecule has 0 aromatic heterocycles. The first-order valence-electron chi connectivity index (χ1n) is 8.79. The number of likely N-dealkylation sites (N-methyl/N-ethyl adjacent to an activating group) is 1. The van der Waals surface area contributed by atoms with Crippen molar-refractivity contribution in [2.24, 2.45) is 0 Å². The number of amides is 2. The van der Waals surface area contributed by atoms with E-state index < -0.39 is 0 Å². The van der Waals surface area contributed by atoms with E-state index in [0.29, 0.717) is 23.6 Å². The van der Waals surface area contributed by atoms with Gasteiger partial charge in [-0.2, -0.15) is 0 Å². The van der Waals surface area contributed by atoms with Crippen molar-refractivity contribution in [1.82, 2.24) is 4.90 Å². The van der Waals surface area contributed by atoms with Gasteiger partial charge in [-0.1, -0.05) is 0 Å². The molecule has 0 radical (unpaired) electrons. The van der Waals surface area contributed by atoms with Crippen LogP contribution in [0, 0.1) is 0 Å². The summed E-state index contributed by atoms with van der Waals surface area (Å²) in [5, 5.41) is 0. The van der Waals surface area contributed by atoms with Gasteiger partial charge in [0.05, 0.1) is 18.7 Å². The minimum absolute atomic E-state index is 0.0244. The van der Waals surface area contributed by atoms with Gasteiger partial charge in [-0.05, 0) is 25.1 Å². The van der Waals surface area contributed by atoms with Crippen molar-refractivity contribution >= 4 is 29.3 Å². The van der Waals surface area contributed by atoms with Crippen LogP contribution in [-0.2, 0) is 19.1 Å². The first kappa shape index (κ1) is 20.4. The molecule has 8 nitrogen and oxygen atoms in total. The van der Waals surface area contributed by atoms with Gasteiger partial charge in [0.15, 0.2) is 12.4 Å². The van der Waals surface area contributed by atoms with Crippen LogP contribution in [0.15, 0.2) is 18.2 Å². The number of hydrogen-bond acceptors (Lipinski definition) is 6. The maximum Gasteiger partial charge on any atom is 0.307 e. The monoisotopic (exact) mass is 376 g/mol. The van der Waals surface area contributed by atoms with E-state index >= 15 is 0 Å². The zero-order chi connectivity index (χ0) is 20.0. The number of nitrogens with zero attached hydrogens (tertiary/aromatic N) is 2. The van der Waals surface area contributed by atoms with E-state index in [-0.39, 0.29) is 56.0 Å². The summed E-state index contributed by atoms with van der Waals surface area (Å²) in [4.78, 5) is 50.4. The van der Waals surface area contributed by atoms with E-state index in [4.69, 9.17) is 9.47 Å². The standard InChI is InChI=1S/C19H24N2O6/c1-4-26-19(25)9-10-20(2)17(23)8-6-15(22)13-5-7-16-14(11-13)21(3)18(24)12-27-16/h5,7,11H,4,6,8-10,12H2,1-3H3. The fraction of sp³-hybridized carbons (Fsp3) is 0.474. The van der Waals surface area contributed by atoms with Gasteiger partial charge in [-0.3, -0.25) is 19.2 Å². The third-order valence-electron chi connectivity index (χ3n) is 4.32. The highest BCUT2D eigenvalue weighted by molar-refractivity contribution is 6.02. The maximum atomic E-state index is 12.4. The maximum absolute atomic E-state index is 12.4. The molecule has 0 fully saturated rings. The molecule has 8 heteroatoms. The second-order valence-corrected chi connectivity index (χ2v) is 6.22. The minimum Gasteiger partial charge on any atom is -0.482 e. The summed E-state index contributed by atoms with van der Waals surface area (Å²) in [6, 6.07) is 4.88. The van der Waals surface area contributed by atoms with E-state index in [1.807, 2.05) is 0 Å². The fourth-order valence-corrected chi connectivity index (χ4v) is 2.62. The number of hydrogen-bond donors (Lipinski definition) is 0. The van der Waals surface area contributed by atoms with Crippen molar-refractivity contribution in [2.45, 2.75) is 26.2 Å². The first-order chi connectivity index (χ1) is 12.8. The molecule has 1 aliphatic rings. The Hall–Kier alpha value is -2.90. The Bertz CT molecular complexity index is 746. The van der Waals surface area contributed by atoms with Crippen LogP contribution < -0.4 is 9.64 Å². The van der Waals surface area contributed by atoms with E-state index in [1.54, 1.807) is 39.2 Å². The highest BCUT2D eigenvalue weighted by Crippen LogP contribution is 2.32. The van der Waals surface area contributed by atoms with E-state index in [2.05, 4.69) is 0 Å². The average molecular weight is 376 g/mol. The molecule has 146 valence electrons. The molecule has 0 saturated heterocycles. The second-order valence-electron chi connectivity index (χ2n) is 6.22. The number of rotatable bonds is 8. The lowest BCUT2D eigenvalue weighted by atomic mass is 10.0. The van der Waals surface area contributed by atoms with Crippen LogP contribution in [-0.4, -0.2) is 62.3 Å². The van der Waals surface area contributed by atoms with Crippen molar-refractivity contribution in [1.29, 1.82) is 0 Å². The van der Waals surface area contributed by atoms with Crippen LogP contribution in [0.5, 0.6) is 5.75 Å². The summed E-state index contributed by atoms with van der Waals surface area (Å²) < 4.78 is 10.2. The molecule has 0 N–H and O–H groups in total. The van der Waals surface area contributed by atoms with Gasteiger partial charge in [0.1, 0.15) is 5.75 Å². The van der Waals surface area contributed by atoms with Gasteiger partial charge in [0.2, 0.25) is 5.91 Å². The lowest BCUT2D eigenvalue weighted by molar-refractivity contribution is -0.143. The van der Waals surface area contributed by atoms with Gasteiger partial charge >= 0.3 is 5.97 Å². The number of ketones is 1. The van der Waals surface area contributed by atoms with Crippen LogP contribution >= 0.6 is 0 Å². The molecular weight excluding hydrogens is 352 g/mol. The van der Waals surface area contributed by atoms with Crippen molar-refractivity contribution in [3.05, 3.63) is 23.8 Å². The molecule has 0 bridgehead atoms.